The number of halogens is 2. The van der Waals surface area contributed by atoms with Crippen molar-refractivity contribution in [3.05, 3.63) is 78.1 Å². The highest BCUT2D eigenvalue weighted by Gasteiger charge is 2.42. The molecule has 2 aliphatic rings. The average Bonchev–Trinajstić information content (AvgIpc) is 3.44. The van der Waals surface area contributed by atoms with Crippen LogP contribution >= 0.6 is 0 Å². The lowest BCUT2D eigenvalue weighted by molar-refractivity contribution is -0.151. The number of carbonyl (C=O) groups is 2. The van der Waals surface area contributed by atoms with Crippen LogP contribution in [0, 0.1) is 5.41 Å². The zero-order valence-electron chi connectivity index (χ0n) is 25.0. The van der Waals surface area contributed by atoms with Crippen molar-refractivity contribution in [2.45, 2.75) is 64.1 Å². The summed E-state index contributed by atoms with van der Waals surface area (Å²) in [5.74, 6) is 5.27. The van der Waals surface area contributed by atoms with Gasteiger partial charge >= 0.3 is 5.97 Å². The number of aliphatic carboxylic acids is 1. The summed E-state index contributed by atoms with van der Waals surface area (Å²) in [5, 5.41) is 10.4. The molecular formula is C32H35F2N7O4. The van der Waals surface area contributed by atoms with Crippen molar-refractivity contribution in [2.24, 2.45) is 11.3 Å². The van der Waals surface area contributed by atoms with E-state index >= 15 is 0 Å². The Morgan fingerprint density at radius 3 is 2.58 bits per heavy atom. The maximum atomic E-state index is 13.1. The maximum absolute atomic E-state index is 13.1. The number of benzene rings is 1. The van der Waals surface area contributed by atoms with Crippen LogP contribution in [0.2, 0.25) is 0 Å². The molecule has 11 nitrogen and oxygen atoms in total. The van der Waals surface area contributed by atoms with E-state index in [0.29, 0.717) is 31.7 Å². The van der Waals surface area contributed by atoms with Crippen LogP contribution in [0.25, 0.3) is 16.8 Å². The highest BCUT2D eigenvalue weighted by Crippen LogP contribution is 2.40. The number of carboxylic acids is 1. The minimum absolute atomic E-state index is 0.0855. The van der Waals surface area contributed by atoms with Gasteiger partial charge < -0.3 is 9.84 Å². The van der Waals surface area contributed by atoms with Crippen LogP contribution in [0.4, 0.5) is 14.6 Å². The van der Waals surface area contributed by atoms with E-state index in [2.05, 4.69) is 21.8 Å². The number of aromatic nitrogens is 4. The molecule has 1 aromatic carbocycles. The molecule has 2 atom stereocenters. The van der Waals surface area contributed by atoms with Gasteiger partial charge in [0, 0.05) is 53.9 Å². The van der Waals surface area contributed by atoms with Gasteiger partial charge in [-0.2, -0.15) is 0 Å². The van der Waals surface area contributed by atoms with Gasteiger partial charge in [0.15, 0.2) is 5.82 Å². The Kier molecular flexibility index (Phi) is 8.33. The quantitative estimate of drug-likeness (QED) is 0.165. The van der Waals surface area contributed by atoms with E-state index in [4.69, 9.17) is 15.6 Å². The summed E-state index contributed by atoms with van der Waals surface area (Å²) >= 11 is 0. The van der Waals surface area contributed by atoms with Gasteiger partial charge in [-0.3, -0.25) is 23.9 Å². The predicted molar refractivity (Wildman–Crippen MR) is 161 cm³/mol. The highest BCUT2D eigenvalue weighted by atomic mass is 19.3. The molecule has 1 saturated heterocycles. The molecule has 4 aromatic rings. The molecule has 1 aliphatic heterocycles. The summed E-state index contributed by atoms with van der Waals surface area (Å²) in [6, 6.07) is 9.41. The van der Waals surface area contributed by atoms with E-state index in [-0.39, 0.29) is 35.1 Å². The molecule has 0 unspecified atom stereocenters. The maximum Gasteiger partial charge on any atom is 0.309 e. The van der Waals surface area contributed by atoms with Crippen molar-refractivity contribution < 1.29 is 28.2 Å². The van der Waals surface area contributed by atoms with Gasteiger partial charge in [-0.15, -0.1) is 0 Å². The molecule has 0 bridgehead atoms. The number of imidazole rings is 1. The van der Waals surface area contributed by atoms with Gasteiger partial charge in [0.05, 0.1) is 29.4 Å². The first-order valence-electron chi connectivity index (χ1n) is 14.9. The first-order chi connectivity index (χ1) is 21.6. The Bertz CT molecular complexity index is 1710. The van der Waals surface area contributed by atoms with Crippen LogP contribution in [0.5, 0.6) is 0 Å². The molecule has 236 valence electrons. The molecule has 6 rings (SSSR count). The first kappa shape index (κ1) is 30.7. The van der Waals surface area contributed by atoms with E-state index in [9.17, 15) is 23.5 Å². The second-order valence-corrected chi connectivity index (χ2v) is 12.1. The minimum atomic E-state index is -2.72. The number of morpholine rings is 1. The molecule has 0 radical (unpaired) electrons. The number of hydrogen-bond donors (Lipinski definition) is 2. The lowest BCUT2D eigenvalue weighted by Gasteiger charge is -2.46. The second kappa shape index (κ2) is 12.2. The molecule has 4 heterocycles. The number of pyridine rings is 1. The molecule has 1 amide bonds. The number of fused-ring (bicyclic) bond motifs is 1. The largest absolute Gasteiger partial charge is 0.481 e. The minimum Gasteiger partial charge on any atom is -0.481 e. The number of ether oxygens (including phenoxy) is 1. The van der Waals surface area contributed by atoms with Crippen molar-refractivity contribution in [1.82, 2.24) is 24.3 Å². The Hall–Kier alpha value is -4.33. The van der Waals surface area contributed by atoms with Crippen LogP contribution in [-0.2, 0) is 9.53 Å². The Balaban J connectivity index is 1.23. The fraction of sp³-hybridized carbons (Fsp3) is 0.406. The third kappa shape index (κ3) is 5.90. The lowest BCUT2D eigenvalue weighted by Crippen LogP contribution is -2.52. The van der Waals surface area contributed by atoms with E-state index in [0.717, 1.165) is 40.8 Å². The number of anilines is 1. The zero-order chi connectivity index (χ0) is 31.9. The first-order valence-corrected chi connectivity index (χ1v) is 14.9. The fourth-order valence-electron chi connectivity index (χ4n) is 6.34. The summed E-state index contributed by atoms with van der Waals surface area (Å²) in [6.07, 6.45) is 6.32. The molecule has 3 aromatic heterocycles. The van der Waals surface area contributed by atoms with Gasteiger partial charge in [0.1, 0.15) is 11.9 Å². The highest BCUT2D eigenvalue weighted by molar-refractivity contribution is 6.05. The number of carbonyl (C=O) groups excluding carboxylic acids is 1. The number of rotatable bonds is 7. The van der Waals surface area contributed by atoms with Crippen LogP contribution in [-0.4, -0.2) is 66.5 Å². The molecule has 45 heavy (non-hydrogen) atoms. The average molecular weight is 620 g/mol. The SMILES string of the molecule is C[C@H]1CO[C@@H](c2nc(-c3ccc(C(=O)N(N)c4cc(C(F)F)ccn4)cc3)c3cnccn23)CN1C1CCC(C)(C(=O)O)CC1. The molecular weight excluding hydrogens is 584 g/mol. The van der Waals surface area contributed by atoms with Crippen molar-refractivity contribution in [3.63, 3.8) is 0 Å². The number of carboxylic acid groups (broad SMARTS) is 1. The number of nitrogens with two attached hydrogens (primary N) is 1. The van der Waals surface area contributed by atoms with Crippen LogP contribution in [0.3, 0.4) is 0 Å². The van der Waals surface area contributed by atoms with E-state index in [1.54, 1.807) is 36.7 Å². The molecule has 1 aliphatic carbocycles. The van der Waals surface area contributed by atoms with Gasteiger partial charge in [-0.25, -0.2) is 29.6 Å². The number of alkyl halides is 2. The number of nitrogens with zero attached hydrogens (tertiary/aromatic N) is 6. The number of amides is 1. The van der Waals surface area contributed by atoms with E-state index in [1.165, 1.54) is 12.3 Å². The Morgan fingerprint density at radius 2 is 1.89 bits per heavy atom. The molecule has 0 spiro atoms. The van der Waals surface area contributed by atoms with E-state index in [1.807, 2.05) is 17.5 Å². The summed E-state index contributed by atoms with van der Waals surface area (Å²) in [4.78, 5) is 40.5. The summed E-state index contributed by atoms with van der Waals surface area (Å²) in [5.41, 5.74) is 1.46. The zero-order valence-corrected chi connectivity index (χ0v) is 25.0. The molecule has 3 N–H and O–H groups in total. The van der Waals surface area contributed by atoms with Crippen molar-refractivity contribution in [1.29, 1.82) is 0 Å². The third-order valence-corrected chi connectivity index (χ3v) is 9.18. The fourth-order valence-corrected chi connectivity index (χ4v) is 6.34. The van der Waals surface area contributed by atoms with Gasteiger partial charge in [-0.05, 0) is 63.8 Å². The van der Waals surface area contributed by atoms with E-state index < -0.39 is 23.7 Å². The summed E-state index contributed by atoms with van der Waals surface area (Å²) in [6.45, 7) is 5.12. The van der Waals surface area contributed by atoms with Gasteiger partial charge in [0.2, 0.25) is 0 Å². The monoisotopic (exact) mass is 619 g/mol. The predicted octanol–water partition coefficient (Wildman–Crippen LogP) is 5.04. The van der Waals surface area contributed by atoms with Crippen LogP contribution in [0.1, 0.15) is 73.8 Å². The normalized spacial score (nSPS) is 24.2. The smallest absolute Gasteiger partial charge is 0.309 e. The van der Waals surface area contributed by atoms with Crippen molar-refractivity contribution in [2.75, 3.05) is 18.2 Å². The van der Waals surface area contributed by atoms with Crippen molar-refractivity contribution in [3.8, 4) is 11.3 Å². The molecule has 2 fully saturated rings. The van der Waals surface area contributed by atoms with Gasteiger partial charge in [0.25, 0.3) is 12.3 Å². The van der Waals surface area contributed by atoms with Crippen molar-refractivity contribution >= 4 is 23.2 Å². The second-order valence-electron chi connectivity index (χ2n) is 12.1. The Labute approximate surface area is 258 Å². The standard InChI is InChI=1S/C32H35F2N7O4/c1-19-18-45-25(17-40(19)23-7-10-32(2,11-8-23)31(43)44)29-38-27(24-16-36-13-14-39(24)29)20-3-5-21(6-4-20)30(42)41(35)26-15-22(28(33)34)9-12-37-26/h3-6,9,12-16,19,23,25,28H,7-8,10-11,17-18,35H2,1-2H3,(H,43,44)/t19-,23?,25+,32?/m0/s1. The summed E-state index contributed by atoms with van der Waals surface area (Å²) in [7, 11) is 0. The lowest BCUT2D eigenvalue weighted by atomic mass is 9.73. The summed E-state index contributed by atoms with van der Waals surface area (Å²) < 4.78 is 34.5. The van der Waals surface area contributed by atoms with Gasteiger partial charge in [-0.1, -0.05) is 12.1 Å². The molecule has 1 saturated carbocycles. The van der Waals surface area contributed by atoms with Crippen LogP contribution < -0.4 is 10.9 Å². The molecule has 13 heteroatoms. The number of hydrazine groups is 1. The number of hydrogen-bond acceptors (Lipinski definition) is 8. The Morgan fingerprint density at radius 1 is 1.16 bits per heavy atom. The third-order valence-electron chi connectivity index (χ3n) is 9.18. The topological polar surface area (TPSA) is 139 Å². The van der Waals surface area contributed by atoms with Crippen LogP contribution in [0.15, 0.2) is 61.2 Å².